The average Bonchev–Trinajstić information content (AvgIpc) is 2.98. The predicted molar refractivity (Wildman–Crippen MR) is 113 cm³/mol. The number of hydrogen-bond donors (Lipinski definition) is 0. The molecule has 0 radical (unpaired) electrons. The van der Waals surface area contributed by atoms with Crippen LogP contribution in [0.1, 0.15) is 57.1 Å². The van der Waals surface area contributed by atoms with Crippen molar-refractivity contribution >= 4 is 5.78 Å². The third kappa shape index (κ3) is 4.16. The Kier molecular flexibility index (Phi) is 6.84. The van der Waals surface area contributed by atoms with Crippen LogP contribution < -0.4 is 0 Å². The lowest BCUT2D eigenvalue weighted by Gasteiger charge is -2.41. The van der Waals surface area contributed by atoms with E-state index in [1.165, 1.54) is 25.7 Å². The summed E-state index contributed by atoms with van der Waals surface area (Å²) in [4.78, 5) is 16.2. The van der Waals surface area contributed by atoms with E-state index in [2.05, 4.69) is 60.4 Å². The first kappa shape index (κ1) is 19.8. The molecule has 1 saturated heterocycles. The van der Waals surface area contributed by atoms with Crippen molar-refractivity contribution < 1.29 is 4.79 Å². The highest BCUT2D eigenvalue weighted by Crippen LogP contribution is 2.41. The molecule has 1 unspecified atom stereocenters. The number of likely N-dealkylation sites (tertiary alicyclic amines) is 1. The highest BCUT2D eigenvalue weighted by Gasteiger charge is 2.45. The fourth-order valence-corrected chi connectivity index (χ4v) is 4.86. The third-order valence-electron chi connectivity index (χ3n) is 6.19. The largest absolute Gasteiger partial charge is 0.303 e. The van der Waals surface area contributed by atoms with E-state index in [4.69, 9.17) is 0 Å². The van der Waals surface area contributed by atoms with Crippen LogP contribution in [0, 0.1) is 5.92 Å². The van der Waals surface area contributed by atoms with Gasteiger partial charge in [0.15, 0.2) is 0 Å². The third-order valence-corrected chi connectivity index (χ3v) is 6.19. The summed E-state index contributed by atoms with van der Waals surface area (Å²) in [6.45, 7) is 7.56. The molecule has 1 atom stereocenters. The Balaban J connectivity index is 2.06. The van der Waals surface area contributed by atoms with Gasteiger partial charge in [-0.15, -0.1) is 0 Å². The topological polar surface area (TPSA) is 20.3 Å². The fourth-order valence-electron chi connectivity index (χ4n) is 4.86. The van der Waals surface area contributed by atoms with Crippen LogP contribution in [0.5, 0.6) is 0 Å². The van der Waals surface area contributed by atoms with Crippen LogP contribution >= 0.6 is 0 Å². The van der Waals surface area contributed by atoms with Crippen molar-refractivity contribution in [2.24, 2.45) is 5.92 Å². The van der Waals surface area contributed by atoms with Crippen molar-refractivity contribution in [2.75, 3.05) is 19.6 Å². The van der Waals surface area contributed by atoms with Crippen LogP contribution in [-0.4, -0.2) is 30.3 Å². The Morgan fingerprint density at radius 2 is 1.37 bits per heavy atom. The minimum atomic E-state index is -0.580. The minimum absolute atomic E-state index is 0.216. The first-order valence-electron chi connectivity index (χ1n) is 10.6. The molecule has 144 valence electrons. The van der Waals surface area contributed by atoms with Gasteiger partial charge in [0, 0.05) is 13.0 Å². The Bertz CT molecular complexity index is 662. The number of benzene rings is 2. The van der Waals surface area contributed by atoms with E-state index in [1.54, 1.807) is 0 Å². The molecule has 27 heavy (non-hydrogen) atoms. The van der Waals surface area contributed by atoms with Gasteiger partial charge >= 0.3 is 0 Å². The Hall–Kier alpha value is -1.93. The van der Waals surface area contributed by atoms with E-state index in [0.717, 1.165) is 30.8 Å². The average molecular weight is 364 g/mol. The maximum absolute atomic E-state index is 13.6. The standard InChI is InChI=1S/C25H33NO/c1-3-24(27)25(22-14-8-6-9-15-22,23-16-10-7-11-17-23)21(2)20-26-18-12-4-5-13-19-26/h6-11,14-17,21H,3-5,12-13,18-20H2,1-2H3. The van der Waals surface area contributed by atoms with Crippen molar-refractivity contribution in [3.8, 4) is 0 Å². The second-order valence-electron chi connectivity index (χ2n) is 7.93. The number of carbonyl (C=O) groups is 1. The quantitative estimate of drug-likeness (QED) is 0.651. The lowest BCUT2D eigenvalue weighted by atomic mass is 9.63. The normalized spacial score (nSPS) is 17.3. The van der Waals surface area contributed by atoms with Crippen LogP contribution in [0.15, 0.2) is 60.7 Å². The molecule has 0 aliphatic carbocycles. The summed E-state index contributed by atoms with van der Waals surface area (Å²) in [5.41, 5.74) is 1.68. The Labute approximate surface area is 164 Å². The summed E-state index contributed by atoms with van der Waals surface area (Å²) in [6.07, 6.45) is 5.77. The Morgan fingerprint density at radius 3 is 1.81 bits per heavy atom. The molecule has 0 amide bonds. The van der Waals surface area contributed by atoms with Gasteiger partial charge in [-0.05, 0) is 43.0 Å². The molecule has 1 heterocycles. The van der Waals surface area contributed by atoms with Gasteiger partial charge in [-0.3, -0.25) is 4.79 Å². The summed E-state index contributed by atoms with van der Waals surface area (Å²) in [7, 11) is 0. The molecule has 0 saturated carbocycles. The summed E-state index contributed by atoms with van der Waals surface area (Å²) in [5, 5.41) is 0. The predicted octanol–water partition coefficient (Wildman–Crippen LogP) is 5.46. The molecule has 3 rings (SSSR count). The van der Waals surface area contributed by atoms with Gasteiger partial charge in [-0.1, -0.05) is 87.4 Å². The van der Waals surface area contributed by atoms with Crippen LogP contribution in [0.2, 0.25) is 0 Å². The number of nitrogens with zero attached hydrogens (tertiary/aromatic N) is 1. The van der Waals surface area contributed by atoms with Crippen LogP contribution in [0.3, 0.4) is 0 Å². The van der Waals surface area contributed by atoms with Gasteiger partial charge in [0.05, 0.1) is 5.41 Å². The van der Waals surface area contributed by atoms with Gasteiger partial charge < -0.3 is 4.90 Å². The van der Waals surface area contributed by atoms with Crippen LogP contribution in [-0.2, 0) is 10.2 Å². The van der Waals surface area contributed by atoms with Crippen molar-refractivity contribution in [2.45, 2.75) is 51.4 Å². The summed E-state index contributed by atoms with van der Waals surface area (Å²) in [6, 6.07) is 20.9. The molecule has 2 aromatic carbocycles. The van der Waals surface area contributed by atoms with Crippen molar-refractivity contribution in [1.29, 1.82) is 0 Å². The first-order chi connectivity index (χ1) is 13.2. The van der Waals surface area contributed by atoms with Crippen molar-refractivity contribution in [3.05, 3.63) is 71.8 Å². The summed E-state index contributed by atoms with van der Waals surface area (Å²) >= 11 is 0. The number of hydrogen-bond acceptors (Lipinski definition) is 2. The van der Waals surface area contributed by atoms with E-state index in [1.807, 2.05) is 19.1 Å². The molecule has 1 aliphatic heterocycles. The number of ketones is 1. The maximum atomic E-state index is 13.6. The lowest BCUT2D eigenvalue weighted by Crippen LogP contribution is -2.47. The second-order valence-corrected chi connectivity index (χ2v) is 7.93. The molecule has 0 spiro atoms. The zero-order valence-corrected chi connectivity index (χ0v) is 16.9. The van der Waals surface area contributed by atoms with Crippen LogP contribution in [0.4, 0.5) is 0 Å². The molecular weight excluding hydrogens is 330 g/mol. The fraction of sp³-hybridized carbons (Fsp3) is 0.480. The monoisotopic (exact) mass is 363 g/mol. The summed E-state index contributed by atoms with van der Waals surface area (Å²) in [5.74, 6) is 0.537. The highest BCUT2D eigenvalue weighted by molar-refractivity contribution is 5.94. The van der Waals surface area contributed by atoms with E-state index in [9.17, 15) is 4.79 Å². The van der Waals surface area contributed by atoms with Crippen LogP contribution in [0.25, 0.3) is 0 Å². The zero-order valence-electron chi connectivity index (χ0n) is 16.9. The molecule has 0 bridgehead atoms. The molecule has 1 aliphatic rings. The van der Waals surface area contributed by atoms with Gasteiger partial charge in [-0.2, -0.15) is 0 Å². The minimum Gasteiger partial charge on any atom is -0.303 e. The molecule has 2 heteroatoms. The zero-order chi connectivity index (χ0) is 19.1. The summed E-state index contributed by atoms with van der Waals surface area (Å²) < 4.78 is 0. The molecular formula is C25H33NO. The SMILES string of the molecule is CCC(=O)C(c1ccccc1)(c1ccccc1)C(C)CN1CCCCCC1. The molecule has 0 aromatic heterocycles. The molecule has 0 N–H and O–H groups in total. The molecule has 2 nitrogen and oxygen atoms in total. The van der Waals surface area contributed by atoms with Gasteiger partial charge in [0.1, 0.15) is 5.78 Å². The van der Waals surface area contributed by atoms with Gasteiger partial charge in [-0.25, -0.2) is 0 Å². The van der Waals surface area contributed by atoms with Gasteiger partial charge in [0.2, 0.25) is 0 Å². The molecule has 1 fully saturated rings. The van der Waals surface area contributed by atoms with E-state index < -0.39 is 5.41 Å². The maximum Gasteiger partial charge on any atom is 0.147 e. The second kappa shape index (κ2) is 9.32. The van der Waals surface area contributed by atoms with E-state index in [-0.39, 0.29) is 5.92 Å². The number of Topliss-reactive ketones (excluding diaryl/α,β-unsaturated/α-hetero) is 1. The first-order valence-corrected chi connectivity index (χ1v) is 10.6. The molecule has 2 aromatic rings. The smallest absolute Gasteiger partial charge is 0.147 e. The van der Waals surface area contributed by atoms with E-state index >= 15 is 0 Å². The Morgan fingerprint density at radius 1 is 0.889 bits per heavy atom. The van der Waals surface area contributed by atoms with Gasteiger partial charge in [0.25, 0.3) is 0 Å². The van der Waals surface area contributed by atoms with Crippen molar-refractivity contribution in [3.63, 3.8) is 0 Å². The lowest BCUT2D eigenvalue weighted by molar-refractivity contribution is -0.124. The van der Waals surface area contributed by atoms with E-state index in [0.29, 0.717) is 12.2 Å². The number of rotatable bonds is 7. The number of carbonyl (C=O) groups excluding carboxylic acids is 1. The highest BCUT2D eigenvalue weighted by atomic mass is 16.1. The van der Waals surface area contributed by atoms with Crippen molar-refractivity contribution in [1.82, 2.24) is 4.90 Å².